The van der Waals surface area contributed by atoms with E-state index in [1.807, 2.05) is 30.3 Å². The lowest BCUT2D eigenvalue weighted by Gasteiger charge is -2.15. The van der Waals surface area contributed by atoms with Gasteiger partial charge >= 0.3 is 0 Å². The fourth-order valence-electron chi connectivity index (χ4n) is 3.18. The van der Waals surface area contributed by atoms with Crippen LogP contribution in [0.2, 0.25) is 0 Å². The van der Waals surface area contributed by atoms with Gasteiger partial charge in [0.2, 0.25) is 5.91 Å². The summed E-state index contributed by atoms with van der Waals surface area (Å²) in [4.78, 5) is 12.1. The number of aryl methyl sites for hydroxylation is 1. The first-order chi connectivity index (χ1) is 10.7. The molecule has 0 radical (unpaired) electrons. The van der Waals surface area contributed by atoms with Crippen LogP contribution in [0.15, 0.2) is 54.6 Å². The summed E-state index contributed by atoms with van der Waals surface area (Å²) in [6.07, 6.45) is 2.56. The van der Waals surface area contributed by atoms with E-state index in [-0.39, 0.29) is 24.4 Å². The highest BCUT2D eigenvalue weighted by Gasteiger charge is 2.22. The molecule has 1 aliphatic rings. The predicted molar refractivity (Wildman–Crippen MR) is 95.7 cm³/mol. The third-order valence-electron chi connectivity index (χ3n) is 4.44. The third kappa shape index (κ3) is 4.34. The number of carbonyl (C=O) groups is 1. The Morgan fingerprint density at radius 3 is 2.61 bits per heavy atom. The van der Waals surface area contributed by atoms with Crippen LogP contribution in [0, 0.1) is 0 Å². The molecule has 0 spiro atoms. The Kier molecular flexibility index (Phi) is 6.20. The van der Waals surface area contributed by atoms with Crippen molar-refractivity contribution in [3.63, 3.8) is 0 Å². The highest BCUT2D eigenvalue weighted by molar-refractivity contribution is 5.85. The number of nitrogens with one attached hydrogen (secondary N) is 1. The zero-order valence-electron chi connectivity index (χ0n) is 13.1. The molecule has 0 fully saturated rings. The van der Waals surface area contributed by atoms with Crippen molar-refractivity contribution in [1.82, 2.24) is 5.32 Å². The summed E-state index contributed by atoms with van der Waals surface area (Å²) in [5.74, 6) is 0.467. The van der Waals surface area contributed by atoms with Crippen molar-refractivity contribution in [2.45, 2.75) is 31.2 Å². The van der Waals surface area contributed by atoms with E-state index < -0.39 is 0 Å². The fraction of sp³-hybridized carbons (Fsp3) is 0.316. The number of hydrogen-bond donors (Lipinski definition) is 2. The largest absolute Gasteiger partial charge is 0.355 e. The maximum Gasteiger partial charge on any atom is 0.221 e. The van der Waals surface area contributed by atoms with Gasteiger partial charge in [-0.1, -0.05) is 54.6 Å². The number of nitrogens with two attached hydrogens (primary N) is 1. The van der Waals surface area contributed by atoms with Gasteiger partial charge in [0.1, 0.15) is 0 Å². The lowest BCUT2D eigenvalue weighted by Crippen LogP contribution is -2.30. The van der Waals surface area contributed by atoms with Crippen molar-refractivity contribution in [3.8, 4) is 0 Å². The van der Waals surface area contributed by atoms with Gasteiger partial charge in [-0.3, -0.25) is 4.79 Å². The molecule has 2 aromatic carbocycles. The van der Waals surface area contributed by atoms with Crippen molar-refractivity contribution in [2.24, 2.45) is 5.73 Å². The van der Waals surface area contributed by atoms with Crippen LogP contribution in [-0.2, 0) is 11.2 Å². The third-order valence-corrected chi connectivity index (χ3v) is 4.44. The lowest BCUT2D eigenvalue weighted by molar-refractivity contribution is -0.121. The monoisotopic (exact) mass is 330 g/mol. The highest BCUT2D eigenvalue weighted by atomic mass is 35.5. The summed E-state index contributed by atoms with van der Waals surface area (Å²) in [6, 6.07) is 18.0. The molecule has 3 nitrogen and oxygen atoms in total. The second kappa shape index (κ2) is 8.14. The minimum atomic E-state index is -0.239. The Bertz CT molecular complexity index is 645. The molecule has 1 amide bonds. The first-order valence-electron chi connectivity index (χ1n) is 7.89. The second-order valence-corrected chi connectivity index (χ2v) is 5.96. The van der Waals surface area contributed by atoms with Crippen LogP contribution < -0.4 is 11.1 Å². The Labute approximate surface area is 143 Å². The van der Waals surface area contributed by atoms with E-state index in [2.05, 4.69) is 29.6 Å². The van der Waals surface area contributed by atoms with Crippen LogP contribution in [0.1, 0.15) is 41.5 Å². The molecule has 3 rings (SSSR count). The van der Waals surface area contributed by atoms with Gasteiger partial charge in [0.15, 0.2) is 0 Å². The van der Waals surface area contributed by atoms with Crippen LogP contribution in [0.5, 0.6) is 0 Å². The van der Waals surface area contributed by atoms with E-state index >= 15 is 0 Å². The molecular formula is C19H23ClN2O. The zero-order valence-corrected chi connectivity index (χ0v) is 13.9. The molecule has 0 saturated heterocycles. The van der Waals surface area contributed by atoms with Crippen molar-refractivity contribution >= 4 is 18.3 Å². The number of rotatable bonds is 5. The molecule has 0 aliphatic heterocycles. The molecular weight excluding hydrogens is 308 g/mol. The van der Waals surface area contributed by atoms with E-state index in [0.717, 1.165) is 18.4 Å². The van der Waals surface area contributed by atoms with Gasteiger partial charge in [0.05, 0.1) is 0 Å². The van der Waals surface area contributed by atoms with Crippen molar-refractivity contribution in [2.75, 3.05) is 6.54 Å². The summed E-state index contributed by atoms with van der Waals surface area (Å²) in [5.41, 5.74) is 9.90. The van der Waals surface area contributed by atoms with Gasteiger partial charge < -0.3 is 11.1 Å². The number of amides is 1. The Balaban J connectivity index is 0.00000192. The number of carbonyl (C=O) groups excluding carboxylic acids is 1. The highest BCUT2D eigenvalue weighted by Crippen LogP contribution is 2.32. The van der Waals surface area contributed by atoms with Gasteiger partial charge in [-0.2, -0.15) is 0 Å². The number of fused-ring (bicyclic) bond motifs is 1. The summed E-state index contributed by atoms with van der Waals surface area (Å²) in [5, 5.41) is 3.05. The molecule has 23 heavy (non-hydrogen) atoms. The molecule has 0 saturated carbocycles. The molecule has 1 aliphatic carbocycles. The summed E-state index contributed by atoms with van der Waals surface area (Å²) in [6.45, 7) is 0.706. The van der Waals surface area contributed by atoms with Gasteiger partial charge in [0, 0.05) is 24.9 Å². The molecule has 4 heteroatoms. The van der Waals surface area contributed by atoms with E-state index in [9.17, 15) is 4.79 Å². The number of benzene rings is 2. The molecule has 0 aromatic heterocycles. The quantitative estimate of drug-likeness (QED) is 0.883. The van der Waals surface area contributed by atoms with Crippen molar-refractivity contribution in [3.05, 3.63) is 71.3 Å². The van der Waals surface area contributed by atoms with Crippen LogP contribution in [0.25, 0.3) is 0 Å². The average molecular weight is 331 g/mol. The van der Waals surface area contributed by atoms with Crippen molar-refractivity contribution in [1.29, 1.82) is 0 Å². The Hall–Kier alpha value is -1.84. The normalized spacial score (nSPS) is 17.0. The van der Waals surface area contributed by atoms with Gasteiger partial charge in [-0.15, -0.1) is 12.4 Å². The number of halogens is 1. The molecule has 2 aromatic rings. The second-order valence-electron chi connectivity index (χ2n) is 5.96. The smallest absolute Gasteiger partial charge is 0.221 e. The standard InChI is InChI=1S/C19H22N2O.ClH/c20-18(15-7-2-1-3-8-15)12-19(22)21-13-16-11-10-14-6-4-5-9-17(14)16;/h1-9,16,18H,10-13,20H2,(H,21,22);1H. The Morgan fingerprint density at radius 1 is 1.13 bits per heavy atom. The first kappa shape index (κ1) is 17.5. The molecule has 2 atom stereocenters. The summed E-state index contributed by atoms with van der Waals surface area (Å²) in [7, 11) is 0. The maximum absolute atomic E-state index is 12.1. The van der Waals surface area contributed by atoms with E-state index in [0.29, 0.717) is 18.9 Å². The molecule has 3 N–H and O–H groups in total. The van der Waals surface area contributed by atoms with E-state index in [4.69, 9.17) is 5.73 Å². The van der Waals surface area contributed by atoms with E-state index in [1.165, 1.54) is 11.1 Å². The predicted octanol–water partition coefficient (Wildman–Crippen LogP) is 3.34. The first-order valence-corrected chi connectivity index (χ1v) is 7.89. The molecule has 122 valence electrons. The lowest BCUT2D eigenvalue weighted by atomic mass is 10.0. The summed E-state index contributed by atoms with van der Waals surface area (Å²) < 4.78 is 0. The number of hydrogen-bond acceptors (Lipinski definition) is 2. The average Bonchev–Trinajstić information content (AvgIpc) is 2.97. The van der Waals surface area contributed by atoms with Gasteiger partial charge in [-0.05, 0) is 29.5 Å². The summed E-state index contributed by atoms with van der Waals surface area (Å²) >= 11 is 0. The molecule has 0 heterocycles. The van der Waals surface area contributed by atoms with Crippen molar-refractivity contribution < 1.29 is 4.79 Å². The zero-order chi connectivity index (χ0) is 15.4. The molecule has 0 bridgehead atoms. The minimum absolute atomic E-state index is 0. The fourth-order valence-corrected chi connectivity index (χ4v) is 3.18. The van der Waals surface area contributed by atoms with Crippen LogP contribution >= 0.6 is 12.4 Å². The van der Waals surface area contributed by atoms with Crippen LogP contribution in [0.4, 0.5) is 0 Å². The minimum Gasteiger partial charge on any atom is -0.355 e. The van der Waals surface area contributed by atoms with Gasteiger partial charge in [-0.25, -0.2) is 0 Å². The SMILES string of the molecule is Cl.NC(CC(=O)NCC1CCc2ccccc21)c1ccccc1. The maximum atomic E-state index is 12.1. The van der Waals surface area contributed by atoms with Gasteiger partial charge in [0.25, 0.3) is 0 Å². The van der Waals surface area contributed by atoms with Crippen LogP contribution in [0.3, 0.4) is 0 Å². The topological polar surface area (TPSA) is 55.1 Å². The van der Waals surface area contributed by atoms with Crippen LogP contribution in [-0.4, -0.2) is 12.5 Å². The Morgan fingerprint density at radius 2 is 1.83 bits per heavy atom. The van der Waals surface area contributed by atoms with E-state index in [1.54, 1.807) is 0 Å². The molecule has 2 unspecified atom stereocenters.